The zero-order valence-electron chi connectivity index (χ0n) is 14.0. The highest BCUT2D eigenvalue weighted by atomic mass is 35.5. The number of fused-ring (bicyclic) bond motifs is 12. The molecule has 26 heavy (non-hydrogen) atoms. The molecule has 0 aromatic carbocycles. The van der Waals surface area contributed by atoms with Crippen molar-refractivity contribution in [1.29, 1.82) is 0 Å². The Morgan fingerprint density at radius 3 is 2.00 bits per heavy atom. The fourth-order valence-corrected chi connectivity index (χ4v) is 7.64. The molecule has 0 radical (unpaired) electrons. The van der Waals surface area contributed by atoms with E-state index in [1.807, 2.05) is 13.8 Å². The Morgan fingerprint density at radius 2 is 1.58 bits per heavy atom. The molecule has 0 spiro atoms. The minimum absolute atomic E-state index is 0.236. The first-order valence-electron chi connectivity index (χ1n) is 8.81. The topological polar surface area (TPSA) is 55.8 Å². The van der Waals surface area contributed by atoms with Gasteiger partial charge in [-0.2, -0.15) is 5.06 Å². The van der Waals surface area contributed by atoms with E-state index in [0.717, 1.165) is 5.06 Å². The number of ether oxygens (including phenoxy) is 1. The summed E-state index contributed by atoms with van der Waals surface area (Å²) < 4.78 is 6.10. The number of nitrogens with zero attached hydrogens (tertiary/aromatic N) is 1. The molecule has 2 amide bonds. The van der Waals surface area contributed by atoms with Crippen LogP contribution in [0, 0.1) is 23.7 Å². The number of halogens is 4. The van der Waals surface area contributed by atoms with E-state index in [1.54, 1.807) is 0 Å². The van der Waals surface area contributed by atoms with E-state index < -0.39 is 33.8 Å². The predicted octanol–water partition coefficient (Wildman–Crippen LogP) is 3.39. The van der Waals surface area contributed by atoms with Gasteiger partial charge in [-0.1, -0.05) is 30.1 Å². The van der Waals surface area contributed by atoms with Crippen LogP contribution in [-0.2, 0) is 19.2 Å². The highest BCUT2D eigenvalue weighted by Crippen LogP contribution is 2.75. The van der Waals surface area contributed by atoms with E-state index in [1.165, 1.54) is 0 Å². The van der Waals surface area contributed by atoms with Crippen LogP contribution in [0.4, 0.5) is 0 Å². The fourth-order valence-electron chi connectivity index (χ4n) is 5.62. The number of alkyl halides is 2. The van der Waals surface area contributed by atoms with Gasteiger partial charge in [0, 0.05) is 11.8 Å². The number of hydrogen-bond acceptors (Lipinski definition) is 4. The lowest BCUT2D eigenvalue weighted by atomic mass is 9.65. The van der Waals surface area contributed by atoms with Crippen LogP contribution in [0.2, 0.25) is 0 Å². The second kappa shape index (κ2) is 5.31. The van der Waals surface area contributed by atoms with Gasteiger partial charge in [-0.05, 0) is 19.8 Å². The summed E-state index contributed by atoms with van der Waals surface area (Å²) in [7, 11) is 0. The zero-order valence-corrected chi connectivity index (χ0v) is 17.1. The lowest BCUT2D eigenvalue weighted by Gasteiger charge is -2.40. The van der Waals surface area contributed by atoms with Crippen LogP contribution in [-0.4, -0.2) is 44.9 Å². The third-order valence-corrected chi connectivity index (χ3v) is 9.32. The van der Waals surface area contributed by atoms with Gasteiger partial charge in [-0.3, -0.25) is 14.4 Å². The normalized spacial score (nSPS) is 52.3. The average molecular weight is 441 g/mol. The molecular weight excluding hydrogens is 424 g/mol. The maximum Gasteiger partial charge on any atom is 0.260 e. The van der Waals surface area contributed by atoms with E-state index in [9.17, 15) is 9.59 Å². The van der Waals surface area contributed by atoms with Crippen LogP contribution in [0.5, 0.6) is 0 Å². The molecule has 0 N–H and O–H groups in total. The lowest BCUT2D eigenvalue weighted by molar-refractivity contribution is -0.205. The van der Waals surface area contributed by atoms with E-state index in [-0.39, 0.29) is 29.8 Å². The van der Waals surface area contributed by atoms with Crippen LogP contribution < -0.4 is 0 Å². The maximum absolute atomic E-state index is 12.9. The van der Waals surface area contributed by atoms with Crippen LogP contribution in [0.3, 0.4) is 0 Å². The molecule has 9 heteroatoms. The molecule has 3 aliphatic heterocycles. The molecule has 3 heterocycles. The van der Waals surface area contributed by atoms with E-state index in [4.69, 9.17) is 56.0 Å². The second-order valence-corrected chi connectivity index (χ2v) is 10.1. The number of allylic oxidation sites excluding steroid dienone is 2. The van der Waals surface area contributed by atoms with Gasteiger partial charge in [-0.15, -0.1) is 23.2 Å². The molecule has 0 aromatic rings. The molecule has 9 atom stereocenters. The van der Waals surface area contributed by atoms with Gasteiger partial charge >= 0.3 is 0 Å². The Bertz CT molecular complexity index is 720. The van der Waals surface area contributed by atoms with Crippen molar-refractivity contribution in [1.82, 2.24) is 5.06 Å². The molecule has 3 saturated heterocycles. The maximum atomic E-state index is 12.9. The molecule has 2 aliphatic carbocycles. The SMILES string of the molecule is CC[C@H](C)ON1C(=O)[C@@H]2[C@H]3O[C@@H]([C@@H]2C1=O)[C@H]1[C@@H]3[C@@]2(Cl)C[C@@]1(Cl)C(Cl)=C2Cl. The number of carbonyl (C=O) groups excluding carboxylic acids is 2. The van der Waals surface area contributed by atoms with Gasteiger partial charge in [0.1, 0.15) is 0 Å². The molecule has 0 aromatic heterocycles. The van der Waals surface area contributed by atoms with Crippen LogP contribution in [0.25, 0.3) is 0 Å². The van der Waals surface area contributed by atoms with Crippen molar-refractivity contribution in [2.75, 3.05) is 0 Å². The van der Waals surface area contributed by atoms with Gasteiger partial charge < -0.3 is 4.74 Å². The van der Waals surface area contributed by atoms with Crippen molar-refractivity contribution in [2.24, 2.45) is 23.7 Å². The number of rotatable bonds is 3. The van der Waals surface area contributed by atoms with E-state index in [2.05, 4.69) is 0 Å². The van der Waals surface area contributed by atoms with Gasteiger partial charge in [0.25, 0.3) is 11.8 Å². The quantitative estimate of drug-likeness (QED) is 0.498. The van der Waals surface area contributed by atoms with E-state index >= 15 is 0 Å². The average Bonchev–Trinajstić information content (AvgIpc) is 3.32. The molecular formula is C17H17Cl4NO4. The first-order valence-corrected chi connectivity index (χ1v) is 10.3. The number of hydrogen-bond donors (Lipinski definition) is 0. The van der Waals surface area contributed by atoms with Gasteiger partial charge in [0.2, 0.25) is 0 Å². The smallest absolute Gasteiger partial charge is 0.260 e. The Balaban J connectivity index is 1.54. The summed E-state index contributed by atoms with van der Waals surface area (Å²) in [6.07, 6.45) is -0.171. The van der Waals surface area contributed by atoms with Crippen molar-refractivity contribution in [3.63, 3.8) is 0 Å². The summed E-state index contributed by atoms with van der Waals surface area (Å²) in [6.45, 7) is 3.75. The number of carbonyl (C=O) groups is 2. The van der Waals surface area contributed by atoms with Crippen LogP contribution in [0.1, 0.15) is 26.7 Å². The standard InChI is InChI=1S/C17H17Cl4NO4/c1-3-5(2)26-22-14(23)6-7(15(22)24)11-9-8(10(6)25-11)16(20)4-17(9,21)13(19)12(16)18/h5-11H,3-4H2,1-2H3/t5-,6-,7+,8-,9+,10+,11-,16-,17-/m0/s1. The molecule has 5 nitrogen and oxygen atoms in total. The first kappa shape index (κ1) is 18.0. The highest BCUT2D eigenvalue weighted by Gasteiger charge is 2.82. The Labute approximate surface area is 170 Å². The van der Waals surface area contributed by atoms with Crippen molar-refractivity contribution in [2.45, 2.75) is 54.7 Å². The molecule has 0 unspecified atom stereocenters. The minimum Gasteiger partial charge on any atom is -0.373 e. The van der Waals surface area contributed by atoms with Gasteiger partial charge in [-0.25, -0.2) is 0 Å². The summed E-state index contributed by atoms with van der Waals surface area (Å²) in [5.41, 5.74) is 0. The van der Waals surface area contributed by atoms with Gasteiger partial charge in [0.15, 0.2) is 0 Å². The molecule has 142 valence electrons. The molecule has 5 rings (SSSR count). The van der Waals surface area contributed by atoms with Crippen LogP contribution in [0.15, 0.2) is 10.1 Å². The molecule has 5 aliphatic rings. The third-order valence-electron chi connectivity index (χ3n) is 6.83. The van der Waals surface area contributed by atoms with Crippen molar-refractivity contribution < 1.29 is 19.2 Å². The Hall–Kier alpha value is -0.0400. The van der Waals surface area contributed by atoms with Crippen molar-refractivity contribution >= 4 is 58.2 Å². The third kappa shape index (κ3) is 1.79. The Kier molecular flexibility index (Phi) is 3.68. The number of imide groups is 1. The first-order chi connectivity index (χ1) is 12.2. The monoisotopic (exact) mass is 439 g/mol. The summed E-state index contributed by atoms with van der Waals surface area (Å²) in [6, 6.07) is 0. The lowest BCUT2D eigenvalue weighted by Crippen LogP contribution is -2.50. The molecule has 4 bridgehead atoms. The Morgan fingerprint density at radius 1 is 1.12 bits per heavy atom. The zero-order chi connectivity index (χ0) is 18.8. The summed E-state index contributed by atoms with van der Waals surface area (Å²) in [5.74, 6) is -2.41. The van der Waals surface area contributed by atoms with Crippen molar-refractivity contribution in [3.8, 4) is 0 Å². The summed E-state index contributed by atoms with van der Waals surface area (Å²) in [4.78, 5) is 29.5. The molecule has 4 fully saturated rings. The van der Waals surface area contributed by atoms with Crippen molar-refractivity contribution in [3.05, 3.63) is 10.1 Å². The largest absolute Gasteiger partial charge is 0.373 e. The summed E-state index contributed by atoms with van der Waals surface area (Å²) in [5, 5.41) is 1.61. The minimum atomic E-state index is -0.941. The predicted molar refractivity (Wildman–Crippen MR) is 95.8 cm³/mol. The highest BCUT2D eigenvalue weighted by molar-refractivity contribution is 6.51. The summed E-state index contributed by atoms with van der Waals surface area (Å²) >= 11 is 26.5. The number of amides is 2. The molecule has 1 saturated carbocycles. The number of hydroxylamine groups is 2. The van der Waals surface area contributed by atoms with Crippen LogP contribution >= 0.6 is 46.4 Å². The fraction of sp³-hybridized carbons (Fsp3) is 0.765. The van der Waals surface area contributed by atoms with Gasteiger partial charge in [0.05, 0.1) is 50.0 Å². The second-order valence-electron chi connectivity index (χ2n) is 7.99. The van der Waals surface area contributed by atoms with E-state index in [0.29, 0.717) is 22.9 Å².